The number of hydrogen-bond donors (Lipinski definition) is 1. The summed E-state index contributed by atoms with van der Waals surface area (Å²) in [6.07, 6.45) is 10.5. The normalized spacial score (nSPS) is 19.0. The summed E-state index contributed by atoms with van der Waals surface area (Å²) >= 11 is 1.77. The molecule has 1 atom stereocenters. The van der Waals surface area contributed by atoms with Crippen molar-refractivity contribution in [1.82, 2.24) is 10.3 Å². The average Bonchev–Trinajstić information content (AvgIpc) is 2.55. The zero-order chi connectivity index (χ0) is 14.1. The Hall–Kier alpha value is -2.26. The Kier molecular flexibility index (Phi) is 3.13. The summed E-state index contributed by atoms with van der Waals surface area (Å²) in [4.78, 5) is 6.99. The van der Waals surface area contributed by atoms with E-state index >= 15 is 0 Å². The molecule has 2 aromatic rings. The van der Waals surface area contributed by atoms with Gasteiger partial charge in [-0.15, -0.1) is 0 Å². The van der Waals surface area contributed by atoms with Gasteiger partial charge >= 0.3 is 0 Å². The molecule has 4 rings (SSSR count). The van der Waals surface area contributed by atoms with Crippen LogP contribution in [0.4, 0.5) is 0 Å². The quantitative estimate of drug-likeness (QED) is 0.892. The van der Waals surface area contributed by atoms with Crippen LogP contribution >= 0.6 is 11.8 Å². The van der Waals surface area contributed by atoms with Gasteiger partial charge in [-0.3, -0.25) is 4.98 Å². The van der Waals surface area contributed by atoms with Crippen molar-refractivity contribution in [3.05, 3.63) is 88.7 Å². The Morgan fingerprint density at radius 3 is 2.81 bits per heavy atom. The molecule has 2 heterocycles. The second-order valence-electron chi connectivity index (χ2n) is 5.02. The molecule has 0 saturated carbocycles. The number of dihydropyridines is 1. The van der Waals surface area contributed by atoms with Crippen LogP contribution in [-0.4, -0.2) is 4.98 Å². The smallest absolute Gasteiger partial charge is 0.0942 e. The minimum atomic E-state index is 0.173. The van der Waals surface area contributed by atoms with Crippen LogP contribution in [-0.2, 0) is 0 Å². The molecule has 0 bridgehead atoms. The van der Waals surface area contributed by atoms with E-state index in [2.05, 4.69) is 65.1 Å². The molecule has 1 aromatic heterocycles. The lowest BCUT2D eigenvalue weighted by Gasteiger charge is -2.27. The van der Waals surface area contributed by atoms with Gasteiger partial charge in [0.2, 0.25) is 0 Å². The summed E-state index contributed by atoms with van der Waals surface area (Å²) in [5.74, 6) is 0. The van der Waals surface area contributed by atoms with Crippen molar-refractivity contribution in [1.29, 1.82) is 0 Å². The molecule has 0 fully saturated rings. The molecule has 21 heavy (non-hydrogen) atoms. The zero-order valence-electron chi connectivity index (χ0n) is 11.4. The highest BCUT2D eigenvalue weighted by atomic mass is 32.2. The van der Waals surface area contributed by atoms with Crippen LogP contribution < -0.4 is 5.32 Å². The van der Waals surface area contributed by atoms with Crippen LogP contribution in [0.1, 0.15) is 17.3 Å². The lowest BCUT2D eigenvalue weighted by molar-refractivity contribution is 0.688. The molecule has 102 valence electrons. The van der Waals surface area contributed by atoms with Crippen molar-refractivity contribution in [3.8, 4) is 0 Å². The maximum atomic E-state index is 4.52. The van der Waals surface area contributed by atoms with Crippen LogP contribution in [0.25, 0.3) is 6.08 Å². The van der Waals surface area contributed by atoms with Gasteiger partial charge in [0, 0.05) is 22.2 Å². The van der Waals surface area contributed by atoms with Crippen molar-refractivity contribution >= 4 is 17.8 Å². The largest absolute Gasteiger partial charge is 0.378 e. The second kappa shape index (κ2) is 5.26. The number of thioether (sulfide) groups is 1. The number of aromatic nitrogens is 1. The van der Waals surface area contributed by atoms with Crippen LogP contribution in [0.5, 0.6) is 0 Å². The van der Waals surface area contributed by atoms with Crippen molar-refractivity contribution in [2.24, 2.45) is 0 Å². The number of allylic oxidation sites excluding steroid dienone is 1. The Labute approximate surface area is 128 Å². The minimum Gasteiger partial charge on any atom is -0.378 e. The number of benzene rings is 1. The third kappa shape index (κ3) is 2.41. The predicted molar refractivity (Wildman–Crippen MR) is 87.6 cm³/mol. The fourth-order valence-corrected chi connectivity index (χ4v) is 3.50. The van der Waals surface area contributed by atoms with Crippen LogP contribution in [0.3, 0.4) is 0 Å². The highest BCUT2D eigenvalue weighted by molar-refractivity contribution is 8.03. The van der Waals surface area contributed by atoms with Gasteiger partial charge < -0.3 is 5.32 Å². The Morgan fingerprint density at radius 2 is 1.90 bits per heavy atom. The summed E-state index contributed by atoms with van der Waals surface area (Å²) in [6, 6.07) is 14.7. The van der Waals surface area contributed by atoms with Crippen molar-refractivity contribution < 1.29 is 0 Å². The van der Waals surface area contributed by atoms with E-state index < -0.39 is 0 Å². The summed E-state index contributed by atoms with van der Waals surface area (Å²) in [5.41, 5.74) is 3.56. The first kappa shape index (κ1) is 12.5. The van der Waals surface area contributed by atoms with E-state index in [0.29, 0.717) is 0 Å². The molecule has 0 radical (unpaired) electrons. The molecule has 1 unspecified atom stereocenters. The standard InChI is InChI=1S/C18H14N2S/c1-2-6-15(7-3-1)21-16-11-14-9-8-13-5-4-10-19-17(13)18(14)20-12-16/h1-12,18,20H. The molecule has 1 N–H and O–H groups in total. The molecule has 1 aliphatic carbocycles. The van der Waals surface area contributed by atoms with E-state index in [1.165, 1.54) is 20.9 Å². The van der Waals surface area contributed by atoms with E-state index in [9.17, 15) is 0 Å². The topological polar surface area (TPSA) is 24.9 Å². The predicted octanol–water partition coefficient (Wildman–Crippen LogP) is 4.31. The fourth-order valence-electron chi connectivity index (χ4n) is 2.61. The van der Waals surface area contributed by atoms with E-state index in [1.807, 2.05) is 18.3 Å². The Balaban J connectivity index is 1.62. The molecule has 0 amide bonds. The van der Waals surface area contributed by atoms with E-state index in [1.54, 1.807) is 11.8 Å². The second-order valence-corrected chi connectivity index (χ2v) is 6.16. The third-order valence-electron chi connectivity index (χ3n) is 3.61. The highest BCUT2D eigenvalue weighted by Crippen LogP contribution is 2.37. The summed E-state index contributed by atoms with van der Waals surface area (Å²) in [6.45, 7) is 0. The molecular weight excluding hydrogens is 276 g/mol. The van der Waals surface area contributed by atoms with Gasteiger partial charge in [0.1, 0.15) is 0 Å². The Bertz CT molecular complexity index is 760. The van der Waals surface area contributed by atoms with Gasteiger partial charge in [-0.1, -0.05) is 48.2 Å². The maximum absolute atomic E-state index is 4.52. The molecule has 0 spiro atoms. The third-order valence-corrected chi connectivity index (χ3v) is 4.59. The molecule has 1 aliphatic heterocycles. The number of nitrogens with one attached hydrogen (secondary N) is 1. The monoisotopic (exact) mass is 290 g/mol. The van der Waals surface area contributed by atoms with Crippen LogP contribution in [0.2, 0.25) is 0 Å². The first-order valence-electron chi connectivity index (χ1n) is 6.94. The lowest BCUT2D eigenvalue weighted by atomic mass is 9.92. The van der Waals surface area contributed by atoms with Crippen molar-refractivity contribution in [2.75, 3.05) is 0 Å². The number of nitrogens with zero attached hydrogens (tertiary/aromatic N) is 1. The van der Waals surface area contributed by atoms with Gasteiger partial charge in [0.15, 0.2) is 0 Å². The van der Waals surface area contributed by atoms with E-state index in [0.717, 1.165) is 5.69 Å². The summed E-state index contributed by atoms with van der Waals surface area (Å²) < 4.78 is 0. The van der Waals surface area contributed by atoms with Crippen LogP contribution in [0.15, 0.2) is 82.4 Å². The maximum Gasteiger partial charge on any atom is 0.0942 e. The van der Waals surface area contributed by atoms with Crippen molar-refractivity contribution in [3.63, 3.8) is 0 Å². The fraction of sp³-hybridized carbons (Fsp3) is 0.0556. The number of fused-ring (bicyclic) bond motifs is 3. The molecule has 1 aromatic carbocycles. The van der Waals surface area contributed by atoms with E-state index in [4.69, 9.17) is 0 Å². The highest BCUT2D eigenvalue weighted by Gasteiger charge is 2.24. The lowest BCUT2D eigenvalue weighted by Crippen LogP contribution is -2.24. The molecule has 0 saturated heterocycles. The zero-order valence-corrected chi connectivity index (χ0v) is 12.2. The molecule has 2 aliphatic rings. The SMILES string of the molecule is C1=Cc2cccnc2C2NC=C(Sc3ccccc3)C=C12. The Morgan fingerprint density at radius 1 is 1.00 bits per heavy atom. The first-order chi connectivity index (χ1) is 10.4. The number of hydrogen-bond acceptors (Lipinski definition) is 3. The molecule has 3 heteroatoms. The van der Waals surface area contributed by atoms with Gasteiger partial charge in [-0.2, -0.15) is 0 Å². The summed E-state index contributed by atoms with van der Waals surface area (Å²) in [7, 11) is 0. The van der Waals surface area contributed by atoms with Crippen molar-refractivity contribution in [2.45, 2.75) is 10.9 Å². The van der Waals surface area contributed by atoms with Gasteiger partial charge in [-0.05, 0) is 35.4 Å². The summed E-state index contributed by atoms with van der Waals surface area (Å²) in [5, 5.41) is 3.48. The molecule has 2 nitrogen and oxygen atoms in total. The molecular formula is C18H14N2S. The van der Waals surface area contributed by atoms with Crippen LogP contribution in [0, 0.1) is 0 Å². The van der Waals surface area contributed by atoms with Gasteiger partial charge in [0.25, 0.3) is 0 Å². The number of rotatable bonds is 2. The average molecular weight is 290 g/mol. The minimum absolute atomic E-state index is 0.173. The van der Waals surface area contributed by atoms with E-state index in [-0.39, 0.29) is 6.04 Å². The first-order valence-corrected chi connectivity index (χ1v) is 7.75. The van der Waals surface area contributed by atoms with Gasteiger partial charge in [-0.25, -0.2) is 0 Å². The van der Waals surface area contributed by atoms with Gasteiger partial charge in [0.05, 0.1) is 11.7 Å². The number of pyridine rings is 1.